The van der Waals surface area contributed by atoms with E-state index in [2.05, 4.69) is 15.3 Å². The Balaban J connectivity index is 1.81. The largest absolute Gasteiger partial charge is 0.346 e. The number of amides is 2. The van der Waals surface area contributed by atoms with Gasteiger partial charge >= 0.3 is 0 Å². The molecule has 2 amide bonds. The average Bonchev–Trinajstić information content (AvgIpc) is 3.09. The van der Waals surface area contributed by atoms with Crippen molar-refractivity contribution in [2.75, 3.05) is 10.2 Å². The second-order valence-corrected chi connectivity index (χ2v) is 6.13. The van der Waals surface area contributed by atoms with Crippen molar-refractivity contribution in [3.8, 4) is 0 Å². The number of aromatic nitrogens is 2. The van der Waals surface area contributed by atoms with Crippen molar-refractivity contribution < 1.29 is 9.59 Å². The maximum atomic E-state index is 13.3. The molecule has 0 spiro atoms. The standard InChI is InChI=1S/C19H18N4O2/c1-2-5-16-18(24)22-14-6-3-4-7-15(14)23(16)19(25)13-10-12-8-9-20-17(12)21-11-13/h3-4,6-11,16H,2,5H2,1H3,(H,20,21)(H,22,24)/t16-/m0/s1. The molecule has 2 aromatic heterocycles. The van der Waals surface area contributed by atoms with Crippen molar-refractivity contribution in [3.63, 3.8) is 0 Å². The predicted octanol–water partition coefficient (Wildman–Crippen LogP) is 3.33. The van der Waals surface area contributed by atoms with E-state index >= 15 is 0 Å². The molecule has 0 bridgehead atoms. The molecule has 3 aromatic rings. The lowest BCUT2D eigenvalue weighted by molar-refractivity contribution is -0.117. The van der Waals surface area contributed by atoms with Crippen LogP contribution < -0.4 is 10.2 Å². The number of aromatic amines is 1. The van der Waals surface area contributed by atoms with Crippen LogP contribution >= 0.6 is 0 Å². The summed E-state index contributed by atoms with van der Waals surface area (Å²) in [5.41, 5.74) is 2.58. The van der Waals surface area contributed by atoms with Crippen LogP contribution in [-0.2, 0) is 4.79 Å². The molecule has 3 heterocycles. The SMILES string of the molecule is CCC[C@H]1C(=O)Nc2ccccc2N1C(=O)c1cnc2[nH]ccc2c1. The van der Waals surface area contributed by atoms with Crippen LogP contribution in [0.4, 0.5) is 11.4 Å². The zero-order valence-corrected chi connectivity index (χ0v) is 13.8. The summed E-state index contributed by atoms with van der Waals surface area (Å²) >= 11 is 0. The van der Waals surface area contributed by atoms with E-state index in [-0.39, 0.29) is 11.8 Å². The molecule has 0 radical (unpaired) electrons. The van der Waals surface area contributed by atoms with E-state index in [1.54, 1.807) is 23.4 Å². The average molecular weight is 334 g/mol. The molecule has 2 N–H and O–H groups in total. The highest BCUT2D eigenvalue weighted by Crippen LogP contribution is 2.34. The Labute approximate surface area is 144 Å². The maximum absolute atomic E-state index is 13.3. The van der Waals surface area contributed by atoms with Gasteiger partial charge in [0.05, 0.1) is 16.9 Å². The first kappa shape index (κ1) is 15.4. The Bertz CT molecular complexity index is 963. The summed E-state index contributed by atoms with van der Waals surface area (Å²) in [6.07, 6.45) is 4.75. The molecule has 6 nitrogen and oxygen atoms in total. The first-order chi connectivity index (χ1) is 12.2. The summed E-state index contributed by atoms with van der Waals surface area (Å²) in [5, 5.41) is 3.77. The molecule has 0 saturated carbocycles. The number of rotatable bonds is 3. The molecule has 0 unspecified atom stereocenters. The quantitative estimate of drug-likeness (QED) is 0.771. The highest BCUT2D eigenvalue weighted by Gasteiger charge is 2.36. The van der Waals surface area contributed by atoms with Crippen LogP contribution in [0.3, 0.4) is 0 Å². The van der Waals surface area contributed by atoms with Crippen LogP contribution in [0.15, 0.2) is 48.8 Å². The van der Waals surface area contributed by atoms with E-state index in [4.69, 9.17) is 0 Å². The van der Waals surface area contributed by atoms with E-state index in [1.165, 1.54) is 0 Å². The van der Waals surface area contributed by atoms with Gasteiger partial charge in [0.15, 0.2) is 0 Å². The number of benzene rings is 1. The Kier molecular flexibility index (Phi) is 3.72. The molecule has 1 aromatic carbocycles. The van der Waals surface area contributed by atoms with Crippen molar-refractivity contribution in [2.45, 2.75) is 25.8 Å². The summed E-state index contributed by atoms with van der Waals surface area (Å²) in [7, 11) is 0. The van der Waals surface area contributed by atoms with Crippen molar-refractivity contribution in [3.05, 3.63) is 54.4 Å². The number of anilines is 2. The molecule has 4 rings (SSSR count). The number of hydrogen-bond donors (Lipinski definition) is 2. The number of carbonyl (C=O) groups is 2. The van der Waals surface area contributed by atoms with Crippen LogP contribution in [-0.4, -0.2) is 27.8 Å². The number of carbonyl (C=O) groups excluding carboxylic acids is 2. The van der Waals surface area contributed by atoms with Crippen molar-refractivity contribution in [1.29, 1.82) is 0 Å². The number of fused-ring (bicyclic) bond motifs is 2. The molecular formula is C19H18N4O2. The summed E-state index contributed by atoms with van der Waals surface area (Å²) in [4.78, 5) is 34.7. The van der Waals surface area contributed by atoms with Gasteiger partial charge in [-0.25, -0.2) is 4.98 Å². The highest BCUT2D eigenvalue weighted by molar-refractivity contribution is 6.17. The van der Waals surface area contributed by atoms with Crippen LogP contribution in [0.25, 0.3) is 11.0 Å². The predicted molar refractivity (Wildman–Crippen MR) is 96.7 cm³/mol. The third kappa shape index (κ3) is 2.55. The number of nitrogens with one attached hydrogen (secondary N) is 2. The number of nitrogens with zero attached hydrogens (tertiary/aromatic N) is 2. The molecule has 0 fully saturated rings. The van der Waals surface area contributed by atoms with Crippen molar-refractivity contribution in [1.82, 2.24) is 9.97 Å². The van der Waals surface area contributed by atoms with E-state index in [1.807, 2.05) is 37.3 Å². The maximum Gasteiger partial charge on any atom is 0.260 e. The van der Waals surface area contributed by atoms with Gasteiger partial charge in [0.2, 0.25) is 5.91 Å². The molecule has 6 heteroatoms. The van der Waals surface area contributed by atoms with Crippen molar-refractivity contribution >= 4 is 34.2 Å². The zero-order valence-electron chi connectivity index (χ0n) is 13.8. The van der Waals surface area contributed by atoms with Crippen LogP contribution in [0.5, 0.6) is 0 Å². The molecule has 25 heavy (non-hydrogen) atoms. The van der Waals surface area contributed by atoms with E-state index < -0.39 is 6.04 Å². The third-order valence-electron chi connectivity index (χ3n) is 4.46. The molecule has 1 atom stereocenters. The summed E-state index contributed by atoms with van der Waals surface area (Å²) < 4.78 is 0. The third-order valence-corrected chi connectivity index (χ3v) is 4.46. The minimum Gasteiger partial charge on any atom is -0.346 e. The summed E-state index contributed by atoms with van der Waals surface area (Å²) in [5.74, 6) is -0.360. The zero-order chi connectivity index (χ0) is 17.4. The summed E-state index contributed by atoms with van der Waals surface area (Å²) in [6.45, 7) is 2.00. The smallest absolute Gasteiger partial charge is 0.260 e. The van der Waals surface area contributed by atoms with Crippen LogP contribution in [0.1, 0.15) is 30.1 Å². The molecule has 1 aliphatic heterocycles. The van der Waals surface area contributed by atoms with Crippen LogP contribution in [0, 0.1) is 0 Å². The molecule has 0 saturated heterocycles. The van der Waals surface area contributed by atoms with Crippen LogP contribution in [0.2, 0.25) is 0 Å². The summed E-state index contributed by atoms with van der Waals surface area (Å²) in [6, 6.07) is 10.5. The molecule has 1 aliphatic rings. The van der Waals surface area contributed by atoms with Gasteiger partial charge in [0.1, 0.15) is 11.7 Å². The highest BCUT2D eigenvalue weighted by atomic mass is 16.2. The van der Waals surface area contributed by atoms with E-state index in [9.17, 15) is 9.59 Å². The fraction of sp³-hybridized carbons (Fsp3) is 0.211. The van der Waals surface area contributed by atoms with Gasteiger partial charge in [-0.3, -0.25) is 14.5 Å². The van der Waals surface area contributed by atoms with Gasteiger partial charge in [-0.05, 0) is 30.7 Å². The topological polar surface area (TPSA) is 78.1 Å². The minimum absolute atomic E-state index is 0.149. The Morgan fingerprint density at radius 3 is 2.96 bits per heavy atom. The number of para-hydroxylation sites is 2. The van der Waals surface area contributed by atoms with Gasteiger partial charge in [-0.1, -0.05) is 25.5 Å². The molecule has 0 aliphatic carbocycles. The van der Waals surface area contributed by atoms with Gasteiger partial charge in [0.25, 0.3) is 5.91 Å². The Morgan fingerprint density at radius 2 is 2.12 bits per heavy atom. The van der Waals surface area contributed by atoms with E-state index in [0.717, 1.165) is 23.1 Å². The van der Waals surface area contributed by atoms with Gasteiger partial charge in [0, 0.05) is 17.8 Å². The normalized spacial score (nSPS) is 16.6. The van der Waals surface area contributed by atoms with Gasteiger partial charge in [-0.15, -0.1) is 0 Å². The van der Waals surface area contributed by atoms with Gasteiger partial charge in [-0.2, -0.15) is 0 Å². The second-order valence-electron chi connectivity index (χ2n) is 6.13. The lowest BCUT2D eigenvalue weighted by Gasteiger charge is -2.36. The van der Waals surface area contributed by atoms with Crippen molar-refractivity contribution in [2.24, 2.45) is 0 Å². The fourth-order valence-corrected chi connectivity index (χ4v) is 3.27. The molecule has 126 valence electrons. The Morgan fingerprint density at radius 1 is 1.28 bits per heavy atom. The molecular weight excluding hydrogens is 316 g/mol. The first-order valence-corrected chi connectivity index (χ1v) is 8.35. The Hall–Kier alpha value is -3.15. The lowest BCUT2D eigenvalue weighted by Crippen LogP contribution is -2.51. The number of pyridine rings is 1. The fourth-order valence-electron chi connectivity index (χ4n) is 3.27. The monoisotopic (exact) mass is 334 g/mol. The number of H-pyrrole nitrogens is 1. The lowest BCUT2D eigenvalue weighted by atomic mass is 10.0. The van der Waals surface area contributed by atoms with E-state index in [0.29, 0.717) is 17.7 Å². The minimum atomic E-state index is -0.519. The second kappa shape index (κ2) is 6.05. The number of hydrogen-bond acceptors (Lipinski definition) is 3. The van der Waals surface area contributed by atoms with Gasteiger partial charge < -0.3 is 10.3 Å². The first-order valence-electron chi connectivity index (χ1n) is 8.35.